The molecule has 0 aliphatic carbocycles. The fourth-order valence-corrected chi connectivity index (χ4v) is 4.31. The van der Waals surface area contributed by atoms with Crippen molar-refractivity contribution in [2.75, 3.05) is 26.4 Å². The summed E-state index contributed by atoms with van der Waals surface area (Å²) in [5.74, 6) is -4.18. The zero-order chi connectivity index (χ0) is 37.2. The van der Waals surface area contributed by atoms with Gasteiger partial charge in [0.1, 0.15) is 97.7 Å². The second-order valence-electron chi connectivity index (χ2n) is 10.6. The van der Waals surface area contributed by atoms with E-state index in [1.54, 1.807) is 0 Å². The molecule has 290 valence electrons. The van der Waals surface area contributed by atoms with E-state index in [1.165, 1.54) is 0 Å². The summed E-state index contributed by atoms with van der Waals surface area (Å²) >= 11 is 0. The van der Waals surface area contributed by atoms with Gasteiger partial charge in [0, 0.05) is 0 Å². The Balaban J connectivity index is 0.000000922. The van der Waals surface area contributed by atoms with Crippen molar-refractivity contribution in [2.45, 2.75) is 110 Å². The minimum atomic E-state index is -2.50. The van der Waals surface area contributed by atoms with Crippen molar-refractivity contribution in [3.05, 3.63) is 0 Å². The first-order valence-electron chi connectivity index (χ1n) is 13.9. The van der Waals surface area contributed by atoms with Crippen LogP contribution in [0, 0.1) is 0 Å². The van der Waals surface area contributed by atoms with Crippen molar-refractivity contribution in [3.63, 3.8) is 0 Å². The van der Waals surface area contributed by atoms with Crippen molar-refractivity contribution in [3.8, 4) is 0 Å². The molecule has 16 N–H and O–H groups in total. The summed E-state index contributed by atoms with van der Waals surface area (Å²) < 4.78 is 19.9. The molecule has 25 heteroatoms. The molecule has 0 radical (unpaired) electrons. The number of carbonyl (C=O) groups is 2. The minimum Gasteiger partial charge on any atom is -0.547 e. The second-order valence-corrected chi connectivity index (χ2v) is 10.6. The SMILES string of the molecule is O=C([O-])[C@H](O)[C@@H](O)[C@H](O[C@H]1O[C@H](CO)[C@@H](O)[C@H](O)[C@H]1O)[C@H](O)CO.O=C([O-])[C@H](O)[C@@H](O)[C@H](O[C@H]1O[C@H](CO)[C@@H](O)[C@H](O)[C@H]1O)[C@H](O)CO.[Fe+2]. The zero-order valence-electron chi connectivity index (χ0n) is 25.0. The zero-order valence-corrected chi connectivity index (χ0v) is 26.1. The maximum Gasteiger partial charge on any atom is 2.00 e. The number of aliphatic carboxylic acids is 2. The Morgan fingerprint density at radius 3 is 1.06 bits per heavy atom. The Kier molecular flexibility index (Phi) is 21.3. The van der Waals surface area contributed by atoms with E-state index >= 15 is 0 Å². The third kappa shape index (κ3) is 12.4. The Bertz CT molecular complexity index is 888. The molecule has 0 amide bonds. The molecule has 0 bridgehead atoms. The van der Waals surface area contributed by atoms with Crippen LogP contribution in [0.1, 0.15) is 0 Å². The van der Waals surface area contributed by atoms with Gasteiger partial charge in [-0.1, -0.05) is 0 Å². The molecule has 2 aliphatic rings. The first-order chi connectivity index (χ1) is 22.3. The molecule has 2 heterocycles. The molecule has 2 rings (SSSR count). The Morgan fingerprint density at radius 2 is 0.837 bits per heavy atom. The summed E-state index contributed by atoms with van der Waals surface area (Å²) in [6.07, 6.45) is -34.5. The van der Waals surface area contributed by atoms with E-state index in [4.69, 9.17) is 39.4 Å². The molecule has 0 aromatic carbocycles. The molecule has 0 aromatic heterocycles. The Morgan fingerprint density at radius 1 is 0.551 bits per heavy atom. The van der Waals surface area contributed by atoms with Gasteiger partial charge in [-0.15, -0.1) is 0 Å². The van der Waals surface area contributed by atoms with Crippen LogP contribution >= 0.6 is 0 Å². The molecule has 18 atom stereocenters. The fourth-order valence-electron chi connectivity index (χ4n) is 4.31. The van der Waals surface area contributed by atoms with E-state index in [1.807, 2.05) is 0 Å². The molecule has 49 heavy (non-hydrogen) atoms. The largest absolute Gasteiger partial charge is 2.00 e. The van der Waals surface area contributed by atoms with Gasteiger partial charge in [-0.05, 0) is 0 Å². The van der Waals surface area contributed by atoms with E-state index in [-0.39, 0.29) is 17.1 Å². The average molecular weight is 770 g/mol. The van der Waals surface area contributed by atoms with E-state index in [0.29, 0.717) is 0 Å². The van der Waals surface area contributed by atoms with Gasteiger partial charge in [-0.3, -0.25) is 0 Å². The molecule has 0 unspecified atom stereocenters. The van der Waals surface area contributed by atoms with Crippen LogP contribution in [0.3, 0.4) is 0 Å². The summed E-state index contributed by atoms with van der Waals surface area (Å²) in [6, 6.07) is 0. The van der Waals surface area contributed by atoms with Gasteiger partial charge < -0.3 is 120 Å². The van der Waals surface area contributed by atoms with Crippen molar-refractivity contribution in [1.82, 2.24) is 0 Å². The first kappa shape index (κ1) is 47.7. The number of aliphatic hydroxyl groups excluding tert-OH is 16. The van der Waals surface area contributed by atoms with Gasteiger partial charge in [0.05, 0.1) is 38.4 Å². The number of carboxylic acids is 2. The van der Waals surface area contributed by atoms with Gasteiger partial charge in [0.15, 0.2) is 12.6 Å². The van der Waals surface area contributed by atoms with Gasteiger partial charge >= 0.3 is 17.1 Å². The van der Waals surface area contributed by atoms with Gasteiger partial charge in [-0.25, -0.2) is 0 Å². The maximum atomic E-state index is 10.6. The molecule has 24 nitrogen and oxygen atoms in total. The Hall–Kier alpha value is -1.34. The number of hydrogen-bond donors (Lipinski definition) is 16. The van der Waals surface area contributed by atoms with Gasteiger partial charge in [0.2, 0.25) is 0 Å². The summed E-state index contributed by atoms with van der Waals surface area (Å²) in [6.45, 7) is -3.58. The van der Waals surface area contributed by atoms with Crippen LogP contribution in [0.2, 0.25) is 0 Å². The number of carbonyl (C=O) groups excluding carboxylic acids is 2. The molecule has 0 aromatic rings. The van der Waals surface area contributed by atoms with Crippen LogP contribution in [-0.4, -0.2) is 230 Å². The third-order valence-corrected chi connectivity index (χ3v) is 7.22. The number of ether oxygens (including phenoxy) is 4. The van der Waals surface area contributed by atoms with Crippen molar-refractivity contribution >= 4 is 11.9 Å². The molecule has 0 spiro atoms. The van der Waals surface area contributed by atoms with Crippen molar-refractivity contribution in [1.29, 1.82) is 0 Å². The van der Waals surface area contributed by atoms with Crippen LogP contribution in [0.25, 0.3) is 0 Å². The van der Waals surface area contributed by atoms with Crippen LogP contribution in [0.15, 0.2) is 0 Å². The Labute approximate surface area is 286 Å². The minimum absolute atomic E-state index is 0. The predicted octanol–water partition coefficient (Wildman–Crippen LogP) is -14.0. The quantitative estimate of drug-likeness (QED) is 0.0648. The standard InChI is InChI=1S/2C12H22O12.Fe/c2*13-1-3(15)10(7(18)8(19)11(21)22)24-12-9(20)6(17)5(16)4(2-14)23-12;/h2*3-10,12-20H,1-2H2,(H,21,22);/q;;+2/p-2/t2*3-,4-,5-,6+,7-,8-,9-,10-,12-;/m11./s1. The number of rotatable bonds is 16. The first-order valence-corrected chi connectivity index (χ1v) is 13.9. The topological polar surface area (TPSA) is 441 Å². The molecule has 2 aliphatic heterocycles. The van der Waals surface area contributed by atoms with E-state index in [2.05, 4.69) is 0 Å². The van der Waals surface area contributed by atoms with Crippen LogP contribution in [0.4, 0.5) is 0 Å². The third-order valence-electron chi connectivity index (χ3n) is 7.22. The van der Waals surface area contributed by atoms with Gasteiger partial charge in [0.25, 0.3) is 0 Å². The molecule has 0 saturated carbocycles. The van der Waals surface area contributed by atoms with Crippen LogP contribution in [-0.2, 0) is 45.6 Å². The van der Waals surface area contributed by atoms with Gasteiger partial charge in [-0.2, -0.15) is 0 Å². The summed E-state index contributed by atoms with van der Waals surface area (Å²) in [7, 11) is 0. The van der Waals surface area contributed by atoms with E-state index in [0.717, 1.165) is 0 Å². The number of aliphatic hydroxyl groups is 16. The fraction of sp³-hybridized carbons (Fsp3) is 0.917. The molecule has 2 saturated heterocycles. The average Bonchev–Trinajstić information content (AvgIpc) is 3.07. The summed E-state index contributed by atoms with van der Waals surface area (Å²) in [4.78, 5) is 21.2. The van der Waals surface area contributed by atoms with E-state index < -0.39 is 149 Å². The van der Waals surface area contributed by atoms with Crippen LogP contribution < -0.4 is 10.2 Å². The van der Waals surface area contributed by atoms with Crippen molar-refractivity contribution in [2.24, 2.45) is 0 Å². The predicted molar refractivity (Wildman–Crippen MR) is 138 cm³/mol. The summed E-state index contributed by atoms with van der Waals surface area (Å²) in [5.41, 5.74) is 0. The maximum absolute atomic E-state index is 10.6. The summed E-state index contributed by atoms with van der Waals surface area (Å²) in [5, 5.41) is 173. The number of hydrogen-bond acceptors (Lipinski definition) is 24. The van der Waals surface area contributed by atoms with Crippen LogP contribution in [0.5, 0.6) is 0 Å². The molecule has 2 fully saturated rings. The normalized spacial score (nSPS) is 35.2. The number of carboxylic acid groups (broad SMARTS) is 2. The van der Waals surface area contributed by atoms with Crippen molar-refractivity contribution < 1.29 is 138 Å². The second kappa shape index (κ2) is 21.9. The molecular formula is C24H42FeO24. The van der Waals surface area contributed by atoms with E-state index in [9.17, 15) is 81.1 Å². The molecular weight excluding hydrogens is 728 g/mol. The monoisotopic (exact) mass is 770 g/mol. The smallest absolute Gasteiger partial charge is 0.547 e.